The van der Waals surface area contributed by atoms with Crippen molar-refractivity contribution < 1.29 is 9.59 Å². The predicted molar refractivity (Wildman–Crippen MR) is 85.3 cm³/mol. The van der Waals surface area contributed by atoms with E-state index in [2.05, 4.69) is 5.32 Å². The van der Waals surface area contributed by atoms with Gasteiger partial charge in [-0.3, -0.25) is 9.59 Å². The fourth-order valence-corrected chi connectivity index (χ4v) is 1.94. The van der Waals surface area contributed by atoms with Gasteiger partial charge in [-0.25, -0.2) is 0 Å². The van der Waals surface area contributed by atoms with E-state index in [-0.39, 0.29) is 10.8 Å². The number of anilines is 1. The molecular formula is C17H14ClNO2. The number of ketones is 1. The van der Waals surface area contributed by atoms with Gasteiger partial charge < -0.3 is 5.32 Å². The molecule has 1 amide bonds. The molecule has 0 unspecified atom stereocenters. The molecule has 0 aliphatic carbocycles. The van der Waals surface area contributed by atoms with Crippen LogP contribution < -0.4 is 5.32 Å². The lowest BCUT2D eigenvalue weighted by Crippen LogP contribution is -2.11. The number of halogens is 1. The lowest BCUT2D eigenvalue weighted by molar-refractivity contribution is -0.112. The van der Waals surface area contributed by atoms with Crippen molar-refractivity contribution in [3.05, 3.63) is 70.8 Å². The van der Waals surface area contributed by atoms with Gasteiger partial charge in [0.05, 0.1) is 0 Å². The van der Waals surface area contributed by atoms with Crippen LogP contribution in [0.1, 0.15) is 22.8 Å². The highest BCUT2D eigenvalue weighted by molar-refractivity contribution is 6.45. The summed E-state index contributed by atoms with van der Waals surface area (Å²) < 4.78 is 0. The van der Waals surface area contributed by atoms with E-state index in [0.29, 0.717) is 11.3 Å². The fraction of sp³-hybridized carbons (Fsp3) is 0.0588. The first-order valence-corrected chi connectivity index (χ1v) is 6.78. The van der Waals surface area contributed by atoms with Gasteiger partial charge in [0.25, 0.3) is 5.91 Å². The molecule has 0 aliphatic heterocycles. The first kappa shape index (κ1) is 15.0. The minimum absolute atomic E-state index is 0.0583. The first-order valence-electron chi connectivity index (χ1n) is 6.41. The van der Waals surface area contributed by atoms with E-state index in [1.54, 1.807) is 30.3 Å². The summed E-state index contributed by atoms with van der Waals surface area (Å²) >= 11 is 6.00. The Hall–Kier alpha value is -2.39. The predicted octanol–water partition coefficient (Wildman–Crippen LogP) is 4.11. The van der Waals surface area contributed by atoms with Gasteiger partial charge in [-0.2, -0.15) is 0 Å². The molecule has 2 aromatic rings. The van der Waals surface area contributed by atoms with E-state index in [0.717, 1.165) is 5.56 Å². The molecule has 0 aliphatic rings. The van der Waals surface area contributed by atoms with Gasteiger partial charge in [-0.05, 0) is 30.7 Å². The largest absolute Gasteiger partial charge is 0.321 e. The summed E-state index contributed by atoms with van der Waals surface area (Å²) in [5.74, 6) is -0.474. The molecule has 0 saturated carbocycles. The zero-order valence-corrected chi connectivity index (χ0v) is 12.2. The van der Waals surface area contributed by atoms with Crippen molar-refractivity contribution in [2.75, 3.05) is 5.32 Å². The SMILES string of the molecule is CC(=O)c1cccc(NC(=O)C(Cl)=Cc2ccccc2)c1. The van der Waals surface area contributed by atoms with Gasteiger partial charge in [-0.15, -0.1) is 0 Å². The molecule has 0 atom stereocenters. The van der Waals surface area contributed by atoms with E-state index in [1.807, 2.05) is 30.3 Å². The summed E-state index contributed by atoms with van der Waals surface area (Å²) in [5.41, 5.74) is 1.92. The molecule has 0 bridgehead atoms. The molecule has 0 aromatic heterocycles. The standard InChI is InChI=1S/C17H14ClNO2/c1-12(20)14-8-5-9-15(11-14)19-17(21)16(18)10-13-6-3-2-4-7-13/h2-11H,1H3,(H,19,21). The Morgan fingerprint density at radius 3 is 2.43 bits per heavy atom. The third-order valence-electron chi connectivity index (χ3n) is 2.84. The summed E-state index contributed by atoms with van der Waals surface area (Å²) in [6.07, 6.45) is 1.59. The van der Waals surface area contributed by atoms with Crippen molar-refractivity contribution in [3.63, 3.8) is 0 Å². The quantitative estimate of drug-likeness (QED) is 0.682. The van der Waals surface area contributed by atoms with E-state index in [4.69, 9.17) is 11.6 Å². The number of benzene rings is 2. The maximum absolute atomic E-state index is 12.0. The van der Waals surface area contributed by atoms with Gasteiger partial charge in [-0.1, -0.05) is 54.1 Å². The van der Waals surface area contributed by atoms with E-state index >= 15 is 0 Å². The van der Waals surface area contributed by atoms with Gasteiger partial charge in [0.2, 0.25) is 0 Å². The van der Waals surface area contributed by atoms with Crippen molar-refractivity contribution in [3.8, 4) is 0 Å². The summed E-state index contributed by atoms with van der Waals surface area (Å²) in [4.78, 5) is 23.3. The highest BCUT2D eigenvalue weighted by atomic mass is 35.5. The van der Waals surface area contributed by atoms with Crippen LogP contribution in [0.3, 0.4) is 0 Å². The van der Waals surface area contributed by atoms with Crippen LogP contribution in [0.5, 0.6) is 0 Å². The molecule has 106 valence electrons. The van der Waals surface area contributed by atoms with Crippen molar-refractivity contribution in [1.82, 2.24) is 0 Å². The summed E-state index contributed by atoms with van der Waals surface area (Å²) in [5, 5.41) is 2.74. The lowest BCUT2D eigenvalue weighted by atomic mass is 10.1. The summed E-state index contributed by atoms with van der Waals surface area (Å²) in [7, 11) is 0. The van der Waals surface area contributed by atoms with Gasteiger partial charge in [0, 0.05) is 11.3 Å². The minimum atomic E-state index is -0.416. The fourth-order valence-electron chi connectivity index (χ4n) is 1.77. The second kappa shape index (κ2) is 6.86. The van der Waals surface area contributed by atoms with Crippen molar-refractivity contribution in [2.45, 2.75) is 6.92 Å². The Bertz CT molecular complexity index is 693. The average molecular weight is 300 g/mol. The number of carbonyl (C=O) groups is 2. The molecule has 0 saturated heterocycles. The monoisotopic (exact) mass is 299 g/mol. The van der Waals surface area contributed by atoms with Crippen LogP contribution in [-0.4, -0.2) is 11.7 Å². The van der Waals surface area contributed by atoms with Gasteiger partial charge >= 0.3 is 0 Å². The molecule has 4 heteroatoms. The molecule has 2 aromatic carbocycles. The highest BCUT2D eigenvalue weighted by Gasteiger charge is 2.08. The number of rotatable bonds is 4. The van der Waals surface area contributed by atoms with Crippen LogP contribution in [0.2, 0.25) is 0 Å². The molecule has 0 heterocycles. The van der Waals surface area contributed by atoms with E-state index in [1.165, 1.54) is 6.92 Å². The number of amides is 1. The highest BCUT2D eigenvalue weighted by Crippen LogP contribution is 2.15. The second-order valence-electron chi connectivity index (χ2n) is 4.49. The third-order valence-corrected chi connectivity index (χ3v) is 3.12. The number of hydrogen-bond acceptors (Lipinski definition) is 2. The van der Waals surface area contributed by atoms with Crippen molar-refractivity contribution >= 4 is 35.1 Å². The number of carbonyl (C=O) groups excluding carboxylic acids is 2. The van der Waals surface area contributed by atoms with Crippen LogP contribution in [0.15, 0.2) is 59.6 Å². The maximum Gasteiger partial charge on any atom is 0.267 e. The van der Waals surface area contributed by atoms with Crippen LogP contribution in [0.25, 0.3) is 6.08 Å². The Morgan fingerprint density at radius 2 is 1.76 bits per heavy atom. The first-order chi connectivity index (χ1) is 10.1. The average Bonchev–Trinajstić information content (AvgIpc) is 2.48. The molecule has 1 N–H and O–H groups in total. The smallest absolute Gasteiger partial charge is 0.267 e. The third kappa shape index (κ3) is 4.29. The Morgan fingerprint density at radius 1 is 1.05 bits per heavy atom. The Balaban J connectivity index is 2.12. The second-order valence-corrected chi connectivity index (χ2v) is 4.90. The topological polar surface area (TPSA) is 46.2 Å². The normalized spacial score (nSPS) is 11.0. The molecular weight excluding hydrogens is 286 g/mol. The summed E-state index contributed by atoms with van der Waals surface area (Å²) in [6, 6.07) is 16.1. The summed E-state index contributed by atoms with van der Waals surface area (Å²) in [6.45, 7) is 1.48. The van der Waals surface area contributed by atoms with Crippen molar-refractivity contribution in [1.29, 1.82) is 0 Å². The maximum atomic E-state index is 12.0. The zero-order valence-electron chi connectivity index (χ0n) is 11.5. The Kier molecular flexibility index (Phi) is 4.90. The Labute approximate surface area is 128 Å². The molecule has 0 fully saturated rings. The minimum Gasteiger partial charge on any atom is -0.321 e. The molecule has 0 radical (unpaired) electrons. The zero-order chi connectivity index (χ0) is 15.2. The van der Waals surface area contributed by atoms with Crippen LogP contribution in [0, 0.1) is 0 Å². The number of nitrogens with one attached hydrogen (secondary N) is 1. The molecule has 3 nitrogen and oxygen atoms in total. The van der Waals surface area contributed by atoms with E-state index < -0.39 is 5.91 Å². The van der Waals surface area contributed by atoms with Crippen LogP contribution >= 0.6 is 11.6 Å². The lowest BCUT2D eigenvalue weighted by Gasteiger charge is -2.05. The van der Waals surface area contributed by atoms with Crippen molar-refractivity contribution in [2.24, 2.45) is 0 Å². The molecule has 2 rings (SSSR count). The number of hydrogen-bond donors (Lipinski definition) is 1. The molecule has 21 heavy (non-hydrogen) atoms. The number of Topliss-reactive ketones (excluding diaryl/α,β-unsaturated/α-hetero) is 1. The van der Waals surface area contributed by atoms with E-state index in [9.17, 15) is 9.59 Å². The van der Waals surface area contributed by atoms with Gasteiger partial charge in [0.1, 0.15) is 5.03 Å². The van der Waals surface area contributed by atoms with Crippen LogP contribution in [0.4, 0.5) is 5.69 Å². The van der Waals surface area contributed by atoms with Crippen LogP contribution in [-0.2, 0) is 4.79 Å². The van der Waals surface area contributed by atoms with Gasteiger partial charge in [0.15, 0.2) is 5.78 Å². The molecule has 0 spiro atoms.